The molecule has 0 amide bonds. The standard InChI is InChI=1S/C23H32O4/c1-14-9-10-19-18(11-14)22-20(25)12-17(13-21(22)27-23(19,4)5)8-6-7-15(2)26-16(3)24/h11-13,15,18-19,25H,6-10H2,1-5H3/t15-,18?,19-/m1/s1. The van der Waals surface area contributed by atoms with E-state index in [-0.39, 0.29) is 23.6 Å². The molecule has 27 heavy (non-hydrogen) atoms. The molecule has 1 unspecified atom stereocenters. The van der Waals surface area contributed by atoms with Crippen LogP contribution < -0.4 is 4.74 Å². The third-order valence-corrected chi connectivity index (χ3v) is 5.97. The lowest BCUT2D eigenvalue weighted by molar-refractivity contribution is -0.145. The molecule has 0 radical (unpaired) electrons. The van der Waals surface area contributed by atoms with Gasteiger partial charge in [-0.3, -0.25) is 4.79 Å². The highest BCUT2D eigenvalue weighted by molar-refractivity contribution is 5.66. The number of allylic oxidation sites excluding steroid dienone is 2. The minimum absolute atomic E-state index is 0.0833. The van der Waals surface area contributed by atoms with Gasteiger partial charge in [0.1, 0.15) is 17.1 Å². The summed E-state index contributed by atoms with van der Waals surface area (Å²) in [4.78, 5) is 11.0. The number of benzene rings is 1. The highest BCUT2D eigenvalue weighted by Crippen LogP contribution is 2.53. The summed E-state index contributed by atoms with van der Waals surface area (Å²) in [6.07, 6.45) is 6.94. The number of carbonyl (C=O) groups is 1. The zero-order valence-corrected chi connectivity index (χ0v) is 17.2. The fourth-order valence-corrected chi connectivity index (χ4v) is 4.66. The largest absolute Gasteiger partial charge is 0.507 e. The molecular formula is C23H32O4. The van der Waals surface area contributed by atoms with E-state index in [1.807, 2.05) is 13.0 Å². The monoisotopic (exact) mass is 372 g/mol. The Bertz CT molecular complexity index is 747. The van der Waals surface area contributed by atoms with Crippen molar-refractivity contribution < 1.29 is 19.4 Å². The number of fused-ring (bicyclic) bond motifs is 3. The first kappa shape index (κ1) is 19.8. The van der Waals surface area contributed by atoms with Crippen LogP contribution >= 0.6 is 0 Å². The van der Waals surface area contributed by atoms with Crippen LogP contribution in [0.2, 0.25) is 0 Å². The van der Waals surface area contributed by atoms with E-state index in [2.05, 4.69) is 32.9 Å². The number of rotatable bonds is 5. The van der Waals surface area contributed by atoms with E-state index in [9.17, 15) is 9.90 Å². The van der Waals surface area contributed by atoms with E-state index in [0.29, 0.717) is 11.7 Å². The van der Waals surface area contributed by atoms with Crippen LogP contribution in [0, 0.1) is 5.92 Å². The predicted molar refractivity (Wildman–Crippen MR) is 106 cm³/mol. The van der Waals surface area contributed by atoms with Crippen LogP contribution in [0.1, 0.15) is 77.3 Å². The Labute approximate surface area is 162 Å². The second-order valence-corrected chi connectivity index (χ2v) is 8.73. The van der Waals surface area contributed by atoms with Crippen molar-refractivity contribution in [3.05, 3.63) is 34.9 Å². The minimum atomic E-state index is -0.246. The molecule has 3 atom stereocenters. The summed E-state index contributed by atoms with van der Waals surface area (Å²) in [6, 6.07) is 3.97. The number of phenolic OH excluding ortho intramolecular Hbond substituents is 1. The molecule has 1 aliphatic heterocycles. The van der Waals surface area contributed by atoms with Gasteiger partial charge in [-0.2, -0.15) is 0 Å². The molecule has 0 spiro atoms. The van der Waals surface area contributed by atoms with E-state index in [0.717, 1.165) is 49.0 Å². The quantitative estimate of drug-likeness (QED) is 0.564. The topological polar surface area (TPSA) is 55.8 Å². The van der Waals surface area contributed by atoms with Crippen LogP contribution in [-0.2, 0) is 16.0 Å². The van der Waals surface area contributed by atoms with Crippen molar-refractivity contribution in [3.63, 3.8) is 0 Å². The van der Waals surface area contributed by atoms with Gasteiger partial charge in [0.05, 0.1) is 6.10 Å². The van der Waals surface area contributed by atoms with Crippen LogP contribution in [0.25, 0.3) is 0 Å². The number of esters is 1. The maximum absolute atomic E-state index is 11.0. The van der Waals surface area contributed by atoms with Crippen LogP contribution in [0.5, 0.6) is 11.5 Å². The Morgan fingerprint density at radius 2 is 2.15 bits per heavy atom. The van der Waals surface area contributed by atoms with Gasteiger partial charge in [0.2, 0.25) is 0 Å². The molecule has 0 bridgehead atoms. The first-order valence-electron chi connectivity index (χ1n) is 10.1. The Balaban J connectivity index is 1.79. The van der Waals surface area contributed by atoms with E-state index in [1.165, 1.54) is 12.5 Å². The summed E-state index contributed by atoms with van der Waals surface area (Å²) in [5, 5.41) is 10.8. The molecule has 3 rings (SSSR count). The molecule has 0 fully saturated rings. The number of aryl methyl sites for hydroxylation is 1. The number of aromatic hydroxyl groups is 1. The van der Waals surface area contributed by atoms with Crippen molar-refractivity contribution in [2.75, 3.05) is 0 Å². The Kier molecular flexibility index (Phi) is 5.55. The summed E-state index contributed by atoms with van der Waals surface area (Å²) in [7, 11) is 0. The Morgan fingerprint density at radius 1 is 1.41 bits per heavy atom. The van der Waals surface area contributed by atoms with Gasteiger partial charge in [-0.25, -0.2) is 0 Å². The molecule has 1 aliphatic carbocycles. The van der Waals surface area contributed by atoms with Crippen LogP contribution in [-0.4, -0.2) is 22.8 Å². The zero-order chi connectivity index (χ0) is 19.8. The first-order chi connectivity index (χ1) is 12.7. The molecule has 1 aromatic rings. The molecule has 0 aromatic heterocycles. The highest BCUT2D eigenvalue weighted by atomic mass is 16.5. The first-order valence-corrected chi connectivity index (χ1v) is 10.1. The molecule has 2 aliphatic rings. The summed E-state index contributed by atoms with van der Waals surface area (Å²) in [5.41, 5.74) is 3.15. The van der Waals surface area contributed by atoms with Crippen molar-refractivity contribution >= 4 is 5.97 Å². The smallest absolute Gasteiger partial charge is 0.302 e. The SMILES string of the molecule is CC(=O)O[C@H](C)CCCc1cc(O)c2c(c1)OC(C)(C)[C@@H]1CCC(C)=CC21. The average Bonchev–Trinajstić information content (AvgIpc) is 2.52. The van der Waals surface area contributed by atoms with Crippen LogP contribution in [0.4, 0.5) is 0 Å². The van der Waals surface area contributed by atoms with E-state index >= 15 is 0 Å². The van der Waals surface area contributed by atoms with Crippen molar-refractivity contribution in [2.24, 2.45) is 5.92 Å². The number of phenols is 1. The second-order valence-electron chi connectivity index (χ2n) is 8.73. The summed E-state index contributed by atoms with van der Waals surface area (Å²) in [5.74, 6) is 1.52. The summed E-state index contributed by atoms with van der Waals surface area (Å²) >= 11 is 0. The number of hydrogen-bond acceptors (Lipinski definition) is 4. The zero-order valence-electron chi connectivity index (χ0n) is 17.2. The van der Waals surface area contributed by atoms with Crippen molar-refractivity contribution in [2.45, 2.75) is 84.3 Å². The average molecular weight is 373 g/mol. The fraction of sp³-hybridized carbons (Fsp3) is 0.609. The lowest BCUT2D eigenvalue weighted by Gasteiger charge is -2.46. The van der Waals surface area contributed by atoms with E-state index in [1.54, 1.807) is 0 Å². The molecule has 148 valence electrons. The van der Waals surface area contributed by atoms with Crippen LogP contribution in [0.15, 0.2) is 23.8 Å². The maximum atomic E-state index is 11.0. The molecule has 4 heteroatoms. The van der Waals surface area contributed by atoms with Gasteiger partial charge in [-0.05, 0) is 77.5 Å². The lowest BCUT2D eigenvalue weighted by atomic mass is 9.68. The Hall–Kier alpha value is -1.97. The van der Waals surface area contributed by atoms with Gasteiger partial charge < -0.3 is 14.6 Å². The number of ether oxygens (including phenoxy) is 2. The molecule has 0 saturated carbocycles. The molecule has 1 N–H and O–H groups in total. The molecule has 1 heterocycles. The number of carbonyl (C=O) groups excluding carboxylic acids is 1. The van der Waals surface area contributed by atoms with Gasteiger partial charge >= 0.3 is 5.97 Å². The van der Waals surface area contributed by atoms with E-state index < -0.39 is 0 Å². The van der Waals surface area contributed by atoms with Crippen molar-refractivity contribution in [3.8, 4) is 11.5 Å². The second kappa shape index (κ2) is 7.57. The third kappa shape index (κ3) is 4.31. The Morgan fingerprint density at radius 3 is 2.85 bits per heavy atom. The van der Waals surface area contributed by atoms with Crippen molar-refractivity contribution in [1.82, 2.24) is 0 Å². The molecule has 0 saturated heterocycles. The summed E-state index contributed by atoms with van der Waals surface area (Å²) < 4.78 is 11.5. The predicted octanol–water partition coefficient (Wildman–Crippen LogP) is 5.28. The number of hydrogen-bond donors (Lipinski definition) is 1. The van der Waals surface area contributed by atoms with Gasteiger partial charge in [0.25, 0.3) is 0 Å². The molecular weight excluding hydrogens is 340 g/mol. The van der Waals surface area contributed by atoms with Gasteiger partial charge in [0.15, 0.2) is 0 Å². The fourth-order valence-electron chi connectivity index (χ4n) is 4.66. The summed E-state index contributed by atoms with van der Waals surface area (Å²) in [6.45, 7) is 9.84. The van der Waals surface area contributed by atoms with Gasteiger partial charge in [0, 0.05) is 24.3 Å². The van der Waals surface area contributed by atoms with E-state index in [4.69, 9.17) is 9.47 Å². The van der Waals surface area contributed by atoms with Gasteiger partial charge in [-0.1, -0.05) is 11.6 Å². The third-order valence-electron chi connectivity index (χ3n) is 5.97. The van der Waals surface area contributed by atoms with Crippen molar-refractivity contribution in [1.29, 1.82) is 0 Å². The maximum Gasteiger partial charge on any atom is 0.302 e. The normalized spacial score (nSPS) is 24.1. The molecule has 1 aromatic carbocycles. The van der Waals surface area contributed by atoms with Gasteiger partial charge in [-0.15, -0.1) is 0 Å². The molecule has 4 nitrogen and oxygen atoms in total. The lowest BCUT2D eigenvalue weighted by Crippen LogP contribution is -2.45. The highest BCUT2D eigenvalue weighted by Gasteiger charge is 2.45. The minimum Gasteiger partial charge on any atom is -0.507 e. The van der Waals surface area contributed by atoms with Crippen LogP contribution in [0.3, 0.4) is 0 Å².